The molecule has 0 saturated carbocycles. The summed E-state index contributed by atoms with van der Waals surface area (Å²) in [5, 5.41) is 10.4. The van der Waals surface area contributed by atoms with Crippen LogP contribution in [0.3, 0.4) is 0 Å². The van der Waals surface area contributed by atoms with Gasteiger partial charge in [-0.2, -0.15) is 0 Å². The Labute approximate surface area is 192 Å². The first-order valence-corrected chi connectivity index (χ1v) is 11.7. The SMILES string of the molecule is Nc1nc(-c2ccccc2)c(C(=O)Nc2ccc(S(=O)(=O)Nc3ccc(Cl)nn3)cc2)s1. The molecule has 2 aromatic heterocycles. The van der Waals surface area contributed by atoms with Gasteiger partial charge in [-0.15, -0.1) is 10.2 Å². The average molecular weight is 487 g/mol. The van der Waals surface area contributed by atoms with E-state index in [1.54, 1.807) is 0 Å². The van der Waals surface area contributed by atoms with Gasteiger partial charge >= 0.3 is 0 Å². The van der Waals surface area contributed by atoms with Crippen molar-refractivity contribution >= 4 is 55.5 Å². The van der Waals surface area contributed by atoms with Gasteiger partial charge in [-0.05, 0) is 36.4 Å². The Morgan fingerprint density at radius 3 is 2.34 bits per heavy atom. The zero-order valence-electron chi connectivity index (χ0n) is 16.2. The number of nitrogens with two attached hydrogens (primary N) is 1. The molecule has 12 heteroatoms. The van der Waals surface area contributed by atoms with E-state index in [1.807, 2.05) is 30.3 Å². The van der Waals surface area contributed by atoms with E-state index in [4.69, 9.17) is 17.3 Å². The number of amides is 1. The summed E-state index contributed by atoms with van der Waals surface area (Å²) in [6, 6.07) is 17.7. The third-order valence-corrected chi connectivity index (χ3v) is 6.65. The van der Waals surface area contributed by atoms with Crippen molar-refractivity contribution in [3.63, 3.8) is 0 Å². The van der Waals surface area contributed by atoms with Crippen LogP contribution >= 0.6 is 22.9 Å². The third kappa shape index (κ3) is 4.85. The van der Waals surface area contributed by atoms with Crippen LogP contribution < -0.4 is 15.8 Å². The van der Waals surface area contributed by atoms with Crippen LogP contribution in [0.2, 0.25) is 5.15 Å². The number of thiazole rings is 1. The van der Waals surface area contributed by atoms with Crippen molar-refractivity contribution in [2.24, 2.45) is 0 Å². The van der Waals surface area contributed by atoms with Crippen molar-refractivity contribution in [3.8, 4) is 11.3 Å². The molecule has 0 aliphatic carbocycles. The van der Waals surface area contributed by atoms with Crippen molar-refractivity contribution in [3.05, 3.63) is 76.8 Å². The highest BCUT2D eigenvalue weighted by molar-refractivity contribution is 7.92. The number of aromatic nitrogens is 3. The lowest BCUT2D eigenvalue weighted by Gasteiger charge is -2.09. The highest BCUT2D eigenvalue weighted by Gasteiger charge is 2.20. The van der Waals surface area contributed by atoms with Crippen molar-refractivity contribution in [2.75, 3.05) is 15.8 Å². The average Bonchev–Trinajstić information content (AvgIpc) is 3.18. The second kappa shape index (κ2) is 8.91. The second-order valence-electron chi connectivity index (χ2n) is 6.42. The predicted octanol–water partition coefficient (Wildman–Crippen LogP) is 3.89. The van der Waals surface area contributed by atoms with Gasteiger partial charge in [-0.3, -0.25) is 9.52 Å². The molecule has 4 rings (SSSR count). The molecule has 0 fully saturated rings. The first-order valence-electron chi connectivity index (χ1n) is 9.07. The number of benzene rings is 2. The number of anilines is 3. The molecule has 0 unspecified atom stereocenters. The maximum Gasteiger partial charge on any atom is 0.268 e. The summed E-state index contributed by atoms with van der Waals surface area (Å²) in [5.41, 5.74) is 7.48. The molecule has 4 aromatic rings. The van der Waals surface area contributed by atoms with E-state index < -0.39 is 15.9 Å². The van der Waals surface area contributed by atoms with E-state index >= 15 is 0 Å². The molecule has 162 valence electrons. The van der Waals surface area contributed by atoms with Gasteiger partial charge in [0.15, 0.2) is 16.1 Å². The normalized spacial score (nSPS) is 11.2. The Morgan fingerprint density at radius 1 is 0.969 bits per heavy atom. The van der Waals surface area contributed by atoms with Crippen molar-refractivity contribution in [1.82, 2.24) is 15.2 Å². The van der Waals surface area contributed by atoms with E-state index in [2.05, 4.69) is 25.2 Å². The number of sulfonamides is 1. The van der Waals surface area contributed by atoms with Gasteiger partial charge in [0.25, 0.3) is 15.9 Å². The van der Waals surface area contributed by atoms with Crippen molar-refractivity contribution in [1.29, 1.82) is 0 Å². The summed E-state index contributed by atoms with van der Waals surface area (Å²) < 4.78 is 27.4. The van der Waals surface area contributed by atoms with E-state index in [0.717, 1.165) is 16.9 Å². The zero-order valence-corrected chi connectivity index (χ0v) is 18.6. The summed E-state index contributed by atoms with van der Waals surface area (Å²) in [5.74, 6) is -0.369. The fourth-order valence-corrected chi connectivity index (χ4v) is 4.60. The Balaban J connectivity index is 1.51. The Morgan fingerprint density at radius 2 is 1.69 bits per heavy atom. The molecule has 0 spiro atoms. The molecule has 0 atom stereocenters. The number of nitrogen functional groups attached to an aromatic ring is 1. The number of hydrogen-bond donors (Lipinski definition) is 3. The van der Waals surface area contributed by atoms with Gasteiger partial charge in [-0.25, -0.2) is 13.4 Å². The van der Waals surface area contributed by atoms with Crippen LogP contribution in [-0.4, -0.2) is 29.5 Å². The largest absolute Gasteiger partial charge is 0.375 e. The minimum absolute atomic E-state index is 0.0146. The number of hydrogen-bond acceptors (Lipinski definition) is 8. The maximum atomic E-state index is 12.8. The topological polar surface area (TPSA) is 140 Å². The summed E-state index contributed by atoms with van der Waals surface area (Å²) in [6.45, 7) is 0. The van der Waals surface area contributed by atoms with Crippen LogP contribution in [0.4, 0.5) is 16.6 Å². The fourth-order valence-electron chi connectivity index (χ4n) is 2.75. The summed E-state index contributed by atoms with van der Waals surface area (Å²) >= 11 is 6.73. The fraction of sp³-hybridized carbons (Fsp3) is 0. The summed E-state index contributed by atoms with van der Waals surface area (Å²) in [6.07, 6.45) is 0. The molecule has 0 radical (unpaired) electrons. The lowest BCUT2D eigenvalue weighted by atomic mass is 10.1. The van der Waals surface area contributed by atoms with E-state index in [9.17, 15) is 13.2 Å². The minimum Gasteiger partial charge on any atom is -0.375 e. The van der Waals surface area contributed by atoms with Crippen molar-refractivity contribution < 1.29 is 13.2 Å². The van der Waals surface area contributed by atoms with Gasteiger partial charge in [-0.1, -0.05) is 53.3 Å². The first-order chi connectivity index (χ1) is 15.3. The molecule has 0 aliphatic rings. The number of halogens is 1. The van der Waals surface area contributed by atoms with Crippen molar-refractivity contribution in [2.45, 2.75) is 4.90 Å². The van der Waals surface area contributed by atoms with E-state index in [0.29, 0.717) is 16.3 Å². The quantitative estimate of drug-likeness (QED) is 0.375. The zero-order chi connectivity index (χ0) is 22.7. The van der Waals surface area contributed by atoms with E-state index in [-0.39, 0.29) is 21.0 Å². The molecule has 0 aliphatic heterocycles. The van der Waals surface area contributed by atoms with Crippen LogP contribution in [0.5, 0.6) is 0 Å². The lowest BCUT2D eigenvalue weighted by molar-refractivity contribution is 0.103. The number of nitrogens with zero attached hydrogens (tertiary/aromatic N) is 3. The minimum atomic E-state index is -3.90. The monoisotopic (exact) mass is 486 g/mol. The third-order valence-electron chi connectivity index (χ3n) is 4.19. The van der Waals surface area contributed by atoms with E-state index in [1.165, 1.54) is 36.4 Å². The summed E-state index contributed by atoms with van der Waals surface area (Å²) in [4.78, 5) is 17.4. The number of rotatable bonds is 6. The maximum absolute atomic E-state index is 12.8. The second-order valence-corrected chi connectivity index (χ2v) is 9.52. The number of carbonyl (C=O) groups is 1. The smallest absolute Gasteiger partial charge is 0.268 e. The molecule has 1 amide bonds. The molecule has 2 aromatic carbocycles. The number of nitrogens with one attached hydrogen (secondary N) is 2. The van der Waals surface area contributed by atoms with Gasteiger partial charge < -0.3 is 11.1 Å². The van der Waals surface area contributed by atoms with Gasteiger partial charge in [0.05, 0.1) is 10.6 Å². The Kier molecular flexibility index (Phi) is 6.04. The molecular weight excluding hydrogens is 472 g/mol. The number of carbonyl (C=O) groups excluding carboxylic acids is 1. The van der Waals surface area contributed by atoms with Crippen LogP contribution in [0.1, 0.15) is 9.67 Å². The van der Waals surface area contributed by atoms with Crippen LogP contribution in [0.25, 0.3) is 11.3 Å². The van der Waals surface area contributed by atoms with Crippen LogP contribution in [0, 0.1) is 0 Å². The lowest BCUT2D eigenvalue weighted by Crippen LogP contribution is -2.15. The highest BCUT2D eigenvalue weighted by atomic mass is 35.5. The molecule has 2 heterocycles. The highest BCUT2D eigenvalue weighted by Crippen LogP contribution is 2.30. The Hall–Kier alpha value is -3.54. The molecule has 32 heavy (non-hydrogen) atoms. The molecule has 0 bridgehead atoms. The van der Waals surface area contributed by atoms with Crippen LogP contribution in [-0.2, 0) is 10.0 Å². The molecule has 9 nitrogen and oxygen atoms in total. The predicted molar refractivity (Wildman–Crippen MR) is 124 cm³/mol. The standard InChI is InChI=1S/C20H15ClN6O3S2/c21-15-10-11-16(26-25-15)27-32(29,30)14-8-6-13(7-9-14)23-19(28)18-17(24-20(22)31-18)12-4-2-1-3-5-12/h1-11H,(H2,22,24)(H,23,28)(H,26,27). The van der Waals surface area contributed by atoms with Gasteiger partial charge in [0.2, 0.25) is 0 Å². The molecular formula is C20H15ClN6O3S2. The summed E-state index contributed by atoms with van der Waals surface area (Å²) in [7, 11) is -3.90. The molecule has 4 N–H and O–H groups in total. The van der Waals surface area contributed by atoms with Gasteiger partial charge in [0, 0.05) is 11.3 Å². The first kappa shape index (κ1) is 21.7. The molecule has 0 saturated heterocycles. The van der Waals surface area contributed by atoms with Gasteiger partial charge in [0.1, 0.15) is 4.88 Å². The Bertz CT molecular complexity index is 1360. The van der Waals surface area contributed by atoms with Crippen LogP contribution in [0.15, 0.2) is 71.6 Å².